The zero-order valence-electron chi connectivity index (χ0n) is 17.3. The fraction of sp³-hybridized carbons (Fsp3) is 0.292. The first-order chi connectivity index (χ1) is 15.2. The largest absolute Gasteiger partial charge is 0.487 e. The highest BCUT2D eigenvalue weighted by molar-refractivity contribution is 7.09. The van der Waals surface area contributed by atoms with Gasteiger partial charge in [-0.05, 0) is 56.2 Å². The number of oxazole rings is 1. The summed E-state index contributed by atoms with van der Waals surface area (Å²) in [6, 6.07) is 15.2. The van der Waals surface area contributed by atoms with Gasteiger partial charge in [0.2, 0.25) is 0 Å². The normalized spacial score (nSPS) is 14.8. The minimum absolute atomic E-state index is 0.0534. The highest BCUT2D eigenvalue weighted by atomic mass is 32.1. The number of fused-ring (bicyclic) bond motifs is 1. The Morgan fingerprint density at radius 1 is 1.13 bits per heavy atom. The maximum Gasteiger partial charge on any atom is 0.253 e. The van der Waals surface area contributed by atoms with E-state index in [0.29, 0.717) is 25.3 Å². The fourth-order valence-corrected chi connectivity index (χ4v) is 4.50. The van der Waals surface area contributed by atoms with E-state index in [0.717, 1.165) is 46.3 Å². The van der Waals surface area contributed by atoms with Crippen molar-refractivity contribution in [2.45, 2.75) is 32.3 Å². The second-order valence-electron chi connectivity index (χ2n) is 7.76. The lowest BCUT2D eigenvalue weighted by Gasteiger charge is -2.30. The highest BCUT2D eigenvalue weighted by Gasteiger charge is 2.27. The van der Waals surface area contributed by atoms with Crippen LogP contribution in [0, 0.1) is 6.92 Å². The van der Waals surface area contributed by atoms with Crippen LogP contribution in [0.15, 0.2) is 58.3 Å². The Bertz CT molecular complexity index is 1160. The molecule has 0 atom stereocenters. The van der Waals surface area contributed by atoms with Crippen LogP contribution in [0.3, 0.4) is 0 Å². The molecule has 0 aliphatic carbocycles. The van der Waals surface area contributed by atoms with Gasteiger partial charge >= 0.3 is 0 Å². The molecule has 7 heteroatoms. The standard InChI is InChI=1S/C24H23N3O3S/c1-16-25-19(15-31-16)14-29-20-8-6-18(7-9-20)24(28)27-12-10-17(11-13-27)23-26-21-4-2-3-5-22(21)30-23/h2-9,15,17H,10-14H2,1H3. The predicted molar refractivity (Wildman–Crippen MR) is 120 cm³/mol. The lowest BCUT2D eigenvalue weighted by molar-refractivity contribution is 0.0706. The molecule has 0 radical (unpaired) electrons. The summed E-state index contributed by atoms with van der Waals surface area (Å²) in [6.07, 6.45) is 1.71. The van der Waals surface area contributed by atoms with E-state index in [-0.39, 0.29) is 11.8 Å². The van der Waals surface area contributed by atoms with Crippen molar-refractivity contribution in [1.29, 1.82) is 0 Å². The van der Waals surface area contributed by atoms with Crippen molar-refractivity contribution in [2.75, 3.05) is 13.1 Å². The predicted octanol–water partition coefficient (Wildman–Crippen LogP) is 5.19. The lowest BCUT2D eigenvalue weighted by Crippen LogP contribution is -2.37. The highest BCUT2D eigenvalue weighted by Crippen LogP contribution is 2.30. The van der Waals surface area contributed by atoms with E-state index in [2.05, 4.69) is 9.97 Å². The van der Waals surface area contributed by atoms with Gasteiger partial charge in [-0.1, -0.05) is 12.1 Å². The third kappa shape index (κ3) is 4.32. The quantitative estimate of drug-likeness (QED) is 0.433. The molecule has 0 N–H and O–H groups in total. The summed E-state index contributed by atoms with van der Waals surface area (Å²) >= 11 is 1.61. The van der Waals surface area contributed by atoms with E-state index in [1.165, 1.54) is 0 Å². The van der Waals surface area contributed by atoms with Crippen LogP contribution >= 0.6 is 11.3 Å². The number of hydrogen-bond acceptors (Lipinski definition) is 6. The summed E-state index contributed by atoms with van der Waals surface area (Å²) in [5.41, 5.74) is 3.31. The summed E-state index contributed by atoms with van der Waals surface area (Å²) in [5.74, 6) is 1.82. The van der Waals surface area contributed by atoms with Gasteiger partial charge in [0.25, 0.3) is 5.91 Å². The molecule has 6 nitrogen and oxygen atoms in total. The zero-order chi connectivity index (χ0) is 21.2. The molecule has 0 saturated carbocycles. The van der Waals surface area contributed by atoms with Crippen molar-refractivity contribution in [3.8, 4) is 5.75 Å². The molecule has 1 aliphatic rings. The van der Waals surface area contributed by atoms with Crippen LogP contribution in [0.4, 0.5) is 0 Å². The van der Waals surface area contributed by atoms with E-state index < -0.39 is 0 Å². The molecular formula is C24H23N3O3S. The van der Waals surface area contributed by atoms with Crippen LogP contribution < -0.4 is 4.74 Å². The van der Waals surface area contributed by atoms with Crippen molar-refractivity contribution in [2.24, 2.45) is 0 Å². The number of para-hydroxylation sites is 2. The molecule has 5 rings (SSSR count). The molecule has 31 heavy (non-hydrogen) atoms. The molecule has 3 heterocycles. The van der Waals surface area contributed by atoms with Crippen LogP contribution in [0.1, 0.15) is 45.7 Å². The molecule has 2 aromatic heterocycles. The van der Waals surface area contributed by atoms with Crippen molar-refractivity contribution >= 4 is 28.3 Å². The van der Waals surface area contributed by atoms with Gasteiger partial charge in [0, 0.05) is 30.0 Å². The molecule has 1 saturated heterocycles. The number of ether oxygens (including phenoxy) is 1. The fourth-order valence-electron chi connectivity index (χ4n) is 3.90. The van der Waals surface area contributed by atoms with Gasteiger partial charge in [-0.15, -0.1) is 11.3 Å². The van der Waals surface area contributed by atoms with Crippen molar-refractivity contribution in [3.63, 3.8) is 0 Å². The van der Waals surface area contributed by atoms with Crippen LogP contribution in [0.25, 0.3) is 11.1 Å². The van der Waals surface area contributed by atoms with E-state index in [1.54, 1.807) is 11.3 Å². The molecular weight excluding hydrogens is 410 g/mol. The monoisotopic (exact) mass is 433 g/mol. The number of amides is 1. The van der Waals surface area contributed by atoms with Crippen LogP contribution in [-0.2, 0) is 6.61 Å². The van der Waals surface area contributed by atoms with Crippen LogP contribution in [-0.4, -0.2) is 33.9 Å². The lowest BCUT2D eigenvalue weighted by atomic mass is 9.96. The number of aryl methyl sites for hydroxylation is 1. The number of benzene rings is 2. The molecule has 1 aliphatic heterocycles. The Kier molecular flexibility index (Phi) is 5.42. The number of aromatic nitrogens is 2. The number of piperidine rings is 1. The number of nitrogens with zero attached hydrogens (tertiary/aromatic N) is 3. The SMILES string of the molecule is Cc1nc(COc2ccc(C(=O)N3CCC(c4nc5ccccc5o4)CC3)cc2)cs1. The zero-order valence-corrected chi connectivity index (χ0v) is 18.1. The van der Waals surface area contributed by atoms with Gasteiger partial charge in [-0.25, -0.2) is 9.97 Å². The second kappa shape index (κ2) is 8.51. The molecule has 0 spiro atoms. The van der Waals surface area contributed by atoms with Crippen molar-refractivity contribution < 1.29 is 13.9 Å². The topological polar surface area (TPSA) is 68.5 Å². The van der Waals surface area contributed by atoms with Gasteiger partial charge in [-0.3, -0.25) is 4.79 Å². The molecule has 158 valence electrons. The molecule has 4 aromatic rings. The van der Waals surface area contributed by atoms with E-state index in [1.807, 2.05) is 65.7 Å². The van der Waals surface area contributed by atoms with E-state index in [4.69, 9.17) is 9.15 Å². The first kappa shape index (κ1) is 19.8. The number of likely N-dealkylation sites (tertiary alicyclic amines) is 1. The maximum atomic E-state index is 12.9. The number of carbonyl (C=O) groups is 1. The van der Waals surface area contributed by atoms with Crippen LogP contribution in [0.2, 0.25) is 0 Å². The first-order valence-corrected chi connectivity index (χ1v) is 11.3. The average Bonchev–Trinajstić information content (AvgIpc) is 3.43. The number of rotatable bonds is 5. The summed E-state index contributed by atoms with van der Waals surface area (Å²) in [5, 5.41) is 3.02. The summed E-state index contributed by atoms with van der Waals surface area (Å²) in [4.78, 5) is 23.8. The van der Waals surface area contributed by atoms with E-state index in [9.17, 15) is 4.79 Å². The Morgan fingerprint density at radius 3 is 2.61 bits per heavy atom. The molecule has 1 fully saturated rings. The van der Waals surface area contributed by atoms with Gasteiger partial charge in [0.15, 0.2) is 11.5 Å². The Balaban J connectivity index is 1.17. The van der Waals surface area contributed by atoms with Gasteiger partial charge in [0.1, 0.15) is 17.9 Å². The van der Waals surface area contributed by atoms with Crippen LogP contribution in [0.5, 0.6) is 5.75 Å². The Labute approximate surface area is 184 Å². The smallest absolute Gasteiger partial charge is 0.253 e. The summed E-state index contributed by atoms with van der Waals surface area (Å²) in [6.45, 7) is 3.80. The van der Waals surface area contributed by atoms with Gasteiger partial charge in [-0.2, -0.15) is 0 Å². The van der Waals surface area contributed by atoms with E-state index >= 15 is 0 Å². The number of carbonyl (C=O) groups excluding carboxylic acids is 1. The van der Waals surface area contributed by atoms with Gasteiger partial charge in [0.05, 0.1) is 10.7 Å². The summed E-state index contributed by atoms with van der Waals surface area (Å²) < 4.78 is 11.7. The molecule has 0 unspecified atom stereocenters. The van der Waals surface area contributed by atoms with Crippen molar-refractivity contribution in [3.05, 3.63) is 76.1 Å². The number of hydrogen-bond donors (Lipinski definition) is 0. The Morgan fingerprint density at radius 2 is 1.90 bits per heavy atom. The summed E-state index contributed by atoms with van der Waals surface area (Å²) in [7, 11) is 0. The molecule has 2 aromatic carbocycles. The molecule has 0 bridgehead atoms. The molecule has 1 amide bonds. The minimum atomic E-state index is 0.0534. The number of thiazole rings is 1. The minimum Gasteiger partial charge on any atom is -0.487 e. The second-order valence-corrected chi connectivity index (χ2v) is 8.82. The maximum absolute atomic E-state index is 12.9. The Hall–Kier alpha value is -3.19. The average molecular weight is 434 g/mol. The third-order valence-electron chi connectivity index (χ3n) is 5.60. The van der Waals surface area contributed by atoms with Gasteiger partial charge < -0.3 is 14.1 Å². The third-order valence-corrected chi connectivity index (χ3v) is 6.42. The van der Waals surface area contributed by atoms with Crippen molar-refractivity contribution in [1.82, 2.24) is 14.9 Å². The first-order valence-electron chi connectivity index (χ1n) is 10.4.